The SMILES string of the molecule is CCCn1c(SCC(=O)N(C2CCCC2)C2CC2)n[nH]c1=O. The van der Waals surface area contributed by atoms with Crippen LogP contribution in [0.2, 0.25) is 0 Å². The number of hydrogen-bond donors (Lipinski definition) is 1. The predicted molar refractivity (Wildman–Crippen MR) is 86.0 cm³/mol. The molecule has 1 heterocycles. The van der Waals surface area contributed by atoms with Crippen LogP contribution in [-0.4, -0.2) is 43.4 Å². The summed E-state index contributed by atoms with van der Waals surface area (Å²) in [6, 6.07) is 0.908. The lowest BCUT2D eigenvalue weighted by molar-refractivity contribution is -0.131. The van der Waals surface area contributed by atoms with Gasteiger partial charge in [0.25, 0.3) is 0 Å². The number of thioether (sulfide) groups is 1. The largest absolute Gasteiger partial charge is 0.343 e. The first-order valence-corrected chi connectivity index (χ1v) is 9.28. The number of amides is 1. The maximum Gasteiger partial charge on any atom is 0.343 e. The van der Waals surface area contributed by atoms with E-state index in [0.717, 1.165) is 32.1 Å². The Labute approximate surface area is 134 Å². The Bertz CT molecular complexity index is 572. The maximum atomic E-state index is 12.6. The third kappa shape index (κ3) is 3.39. The lowest BCUT2D eigenvalue weighted by Gasteiger charge is -2.29. The van der Waals surface area contributed by atoms with Gasteiger partial charge < -0.3 is 4.90 Å². The Kier molecular flexibility index (Phi) is 4.90. The van der Waals surface area contributed by atoms with Gasteiger partial charge in [0.15, 0.2) is 5.16 Å². The van der Waals surface area contributed by atoms with Gasteiger partial charge in [0, 0.05) is 18.6 Å². The molecule has 22 heavy (non-hydrogen) atoms. The number of hydrogen-bond acceptors (Lipinski definition) is 4. The number of nitrogens with zero attached hydrogens (tertiary/aromatic N) is 3. The summed E-state index contributed by atoms with van der Waals surface area (Å²) in [4.78, 5) is 26.4. The first-order chi connectivity index (χ1) is 10.7. The Morgan fingerprint density at radius 2 is 2.00 bits per heavy atom. The second-order valence-corrected chi connectivity index (χ2v) is 7.16. The molecular weight excluding hydrogens is 300 g/mol. The highest BCUT2D eigenvalue weighted by atomic mass is 32.2. The van der Waals surface area contributed by atoms with Crippen LogP contribution in [0, 0.1) is 0 Å². The molecule has 0 radical (unpaired) electrons. The topological polar surface area (TPSA) is 71.0 Å². The Balaban J connectivity index is 1.62. The van der Waals surface area contributed by atoms with Crippen LogP contribution in [-0.2, 0) is 11.3 Å². The van der Waals surface area contributed by atoms with Gasteiger partial charge in [-0.25, -0.2) is 9.89 Å². The number of carbonyl (C=O) groups excluding carboxylic acids is 1. The van der Waals surface area contributed by atoms with Crippen molar-refractivity contribution >= 4 is 17.7 Å². The van der Waals surface area contributed by atoms with E-state index >= 15 is 0 Å². The minimum Gasteiger partial charge on any atom is -0.336 e. The van der Waals surface area contributed by atoms with Gasteiger partial charge in [0.05, 0.1) is 5.75 Å². The molecule has 1 amide bonds. The zero-order chi connectivity index (χ0) is 15.5. The van der Waals surface area contributed by atoms with Crippen molar-refractivity contribution in [2.24, 2.45) is 0 Å². The van der Waals surface area contributed by atoms with Crippen molar-refractivity contribution in [1.29, 1.82) is 0 Å². The second kappa shape index (κ2) is 6.89. The van der Waals surface area contributed by atoms with Crippen LogP contribution in [0.1, 0.15) is 51.9 Å². The predicted octanol–water partition coefficient (Wildman–Crippen LogP) is 2.01. The van der Waals surface area contributed by atoms with E-state index in [-0.39, 0.29) is 11.6 Å². The van der Waals surface area contributed by atoms with E-state index in [9.17, 15) is 9.59 Å². The fraction of sp³-hybridized carbons (Fsp3) is 0.800. The zero-order valence-corrected chi connectivity index (χ0v) is 13.9. The summed E-state index contributed by atoms with van der Waals surface area (Å²) in [5, 5.41) is 7.15. The number of H-pyrrole nitrogens is 1. The molecule has 1 aromatic heterocycles. The summed E-state index contributed by atoms with van der Waals surface area (Å²) in [6.07, 6.45) is 7.95. The fourth-order valence-corrected chi connectivity index (χ4v) is 4.12. The quantitative estimate of drug-likeness (QED) is 0.779. The van der Waals surface area contributed by atoms with Gasteiger partial charge in [-0.15, -0.1) is 5.10 Å². The third-order valence-corrected chi connectivity index (χ3v) is 5.40. The van der Waals surface area contributed by atoms with Gasteiger partial charge in [-0.1, -0.05) is 31.5 Å². The van der Waals surface area contributed by atoms with Crippen molar-refractivity contribution in [2.45, 2.75) is 75.7 Å². The van der Waals surface area contributed by atoms with Crippen molar-refractivity contribution < 1.29 is 4.79 Å². The molecule has 2 fully saturated rings. The number of aromatic nitrogens is 3. The van der Waals surface area contributed by atoms with Crippen LogP contribution in [0.25, 0.3) is 0 Å². The van der Waals surface area contributed by atoms with Gasteiger partial charge in [-0.2, -0.15) is 0 Å². The molecule has 2 aliphatic carbocycles. The van der Waals surface area contributed by atoms with Crippen LogP contribution < -0.4 is 5.69 Å². The highest BCUT2D eigenvalue weighted by Gasteiger charge is 2.38. The van der Waals surface area contributed by atoms with Crippen molar-refractivity contribution in [1.82, 2.24) is 19.7 Å². The highest BCUT2D eigenvalue weighted by Crippen LogP contribution is 2.35. The van der Waals surface area contributed by atoms with E-state index in [0.29, 0.717) is 29.5 Å². The van der Waals surface area contributed by atoms with E-state index in [1.807, 2.05) is 6.92 Å². The first-order valence-electron chi connectivity index (χ1n) is 8.30. The van der Waals surface area contributed by atoms with E-state index in [2.05, 4.69) is 15.1 Å². The standard InChI is InChI=1S/C15H24N4O2S/c1-2-9-18-14(21)16-17-15(18)22-10-13(20)19(12-7-8-12)11-5-3-4-6-11/h11-12H,2-10H2,1H3,(H,16,21). The summed E-state index contributed by atoms with van der Waals surface area (Å²) in [6.45, 7) is 2.66. The van der Waals surface area contributed by atoms with E-state index in [1.165, 1.54) is 24.6 Å². The van der Waals surface area contributed by atoms with Gasteiger partial charge in [0.2, 0.25) is 5.91 Å². The molecule has 0 spiro atoms. The molecule has 7 heteroatoms. The van der Waals surface area contributed by atoms with E-state index in [4.69, 9.17) is 0 Å². The highest BCUT2D eigenvalue weighted by molar-refractivity contribution is 7.99. The van der Waals surface area contributed by atoms with Crippen molar-refractivity contribution in [3.63, 3.8) is 0 Å². The van der Waals surface area contributed by atoms with Crippen molar-refractivity contribution in [2.75, 3.05) is 5.75 Å². The monoisotopic (exact) mass is 324 g/mol. The lowest BCUT2D eigenvalue weighted by Crippen LogP contribution is -2.41. The number of carbonyl (C=O) groups is 1. The minimum absolute atomic E-state index is 0.188. The van der Waals surface area contributed by atoms with Crippen molar-refractivity contribution in [3.05, 3.63) is 10.5 Å². The summed E-state index contributed by atoms with van der Waals surface area (Å²) in [5.74, 6) is 0.582. The normalized spacial score (nSPS) is 18.8. The Morgan fingerprint density at radius 1 is 1.32 bits per heavy atom. The first kappa shape index (κ1) is 15.6. The Hall–Kier alpha value is -1.24. The summed E-state index contributed by atoms with van der Waals surface area (Å²) in [5.41, 5.74) is -0.188. The second-order valence-electron chi connectivity index (χ2n) is 6.22. The number of aromatic amines is 1. The minimum atomic E-state index is -0.188. The molecule has 0 bridgehead atoms. The number of nitrogens with one attached hydrogen (secondary N) is 1. The summed E-state index contributed by atoms with van der Waals surface area (Å²) < 4.78 is 1.62. The summed E-state index contributed by atoms with van der Waals surface area (Å²) in [7, 11) is 0. The van der Waals surface area contributed by atoms with Crippen LogP contribution in [0.15, 0.2) is 9.95 Å². The van der Waals surface area contributed by atoms with Crippen LogP contribution in [0.4, 0.5) is 0 Å². The average molecular weight is 324 g/mol. The molecule has 2 saturated carbocycles. The Morgan fingerprint density at radius 3 is 2.64 bits per heavy atom. The van der Waals surface area contributed by atoms with Crippen molar-refractivity contribution in [3.8, 4) is 0 Å². The molecule has 3 rings (SSSR count). The smallest absolute Gasteiger partial charge is 0.336 e. The molecule has 2 aliphatic rings. The molecular formula is C15H24N4O2S. The molecule has 1 N–H and O–H groups in total. The van der Waals surface area contributed by atoms with Crippen LogP contribution in [0.5, 0.6) is 0 Å². The lowest BCUT2D eigenvalue weighted by atomic mass is 10.2. The van der Waals surface area contributed by atoms with Crippen LogP contribution in [0.3, 0.4) is 0 Å². The fourth-order valence-electron chi connectivity index (χ4n) is 3.28. The molecule has 0 saturated heterocycles. The molecule has 1 aromatic rings. The van der Waals surface area contributed by atoms with Gasteiger partial charge >= 0.3 is 5.69 Å². The molecule has 0 aromatic carbocycles. The molecule has 0 aliphatic heterocycles. The van der Waals surface area contributed by atoms with E-state index < -0.39 is 0 Å². The molecule has 0 unspecified atom stereocenters. The third-order valence-electron chi connectivity index (χ3n) is 4.44. The van der Waals surface area contributed by atoms with Gasteiger partial charge in [-0.3, -0.25) is 9.36 Å². The van der Waals surface area contributed by atoms with E-state index in [1.54, 1.807) is 4.57 Å². The zero-order valence-electron chi connectivity index (χ0n) is 13.1. The molecule has 0 atom stereocenters. The summed E-state index contributed by atoms with van der Waals surface area (Å²) >= 11 is 1.38. The molecule has 6 nitrogen and oxygen atoms in total. The van der Waals surface area contributed by atoms with Gasteiger partial charge in [0.1, 0.15) is 0 Å². The van der Waals surface area contributed by atoms with Gasteiger partial charge in [-0.05, 0) is 32.1 Å². The molecule has 122 valence electrons. The number of rotatable bonds is 7. The average Bonchev–Trinajstić information content (AvgIpc) is 3.06. The maximum absolute atomic E-state index is 12.6. The van der Waals surface area contributed by atoms with Crippen LogP contribution >= 0.6 is 11.8 Å².